The largest absolute Gasteiger partial charge is 0.506 e. The number of benzene rings is 1. The van der Waals surface area contributed by atoms with Crippen molar-refractivity contribution in [2.75, 3.05) is 12.4 Å². The minimum Gasteiger partial charge on any atom is -0.506 e. The summed E-state index contributed by atoms with van der Waals surface area (Å²) in [5.41, 5.74) is 0.659. The third kappa shape index (κ3) is 2.67. The number of carbonyl (C=O) groups is 2. The monoisotopic (exact) mass is 317 g/mol. The Balaban J connectivity index is 2.44. The minimum absolute atomic E-state index is 0.0453. The maximum atomic E-state index is 12.1. The molecule has 1 aliphatic heterocycles. The van der Waals surface area contributed by atoms with Gasteiger partial charge in [0.15, 0.2) is 0 Å². The fourth-order valence-electron chi connectivity index (χ4n) is 1.97. The lowest BCUT2D eigenvalue weighted by atomic mass is 9.96. The van der Waals surface area contributed by atoms with Crippen LogP contribution in [0.4, 0.5) is 5.69 Å². The number of carbonyl (C=O) groups excluding carboxylic acids is 2. The van der Waals surface area contributed by atoms with Gasteiger partial charge >= 0.3 is 0 Å². The van der Waals surface area contributed by atoms with Gasteiger partial charge in [-0.2, -0.15) is 5.26 Å². The van der Waals surface area contributed by atoms with E-state index in [-0.39, 0.29) is 22.5 Å². The number of phenolic OH excluding ortho intramolecular Hbond substituents is 1. The average molecular weight is 318 g/mol. The van der Waals surface area contributed by atoms with Crippen LogP contribution in [0.2, 0.25) is 5.02 Å². The van der Waals surface area contributed by atoms with Crippen LogP contribution in [-0.2, 0) is 9.59 Å². The van der Waals surface area contributed by atoms with E-state index in [1.807, 2.05) is 0 Å². The van der Waals surface area contributed by atoms with Gasteiger partial charge in [-0.25, -0.2) is 0 Å². The molecule has 0 saturated carbocycles. The second kappa shape index (κ2) is 5.92. The quantitative estimate of drug-likeness (QED) is 0.495. The lowest BCUT2D eigenvalue weighted by Crippen LogP contribution is -2.39. The zero-order valence-electron chi connectivity index (χ0n) is 11.8. The number of nitrogens with zero attached hydrogens (tertiary/aromatic N) is 2. The summed E-state index contributed by atoms with van der Waals surface area (Å²) in [5, 5.41) is 21.9. The number of hydrogen-bond acceptors (Lipinski definition) is 5. The van der Waals surface area contributed by atoms with Crippen molar-refractivity contribution in [2.45, 2.75) is 6.92 Å². The molecule has 2 amide bonds. The zero-order chi connectivity index (χ0) is 16.4. The predicted molar refractivity (Wildman–Crippen MR) is 80.9 cm³/mol. The summed E-state index contributed by atoms with van der Waals surface area (Å²) < 4.78 is 0. The van der Waals surface area contributed by atoms with Gasteiger partial charge in [0.1, 0.15) is 17.4 Å². The van der Waals surface area contributed by atoms with E-state index in [1.54, 1.807) is 6.07 Å². The fourth-order valence-corrected chi connectivity index (χ4v) is 2.14. The molecule has 1 aromatic carbocycles. The molecule has 1 aliphatic rings. The number of nitriles is 1. The molecule has 0 aromatic heterocycles. The van der Waals surface area contributed by atoms with Crippen molar-refractivity contribution >= 4 is 29.1 Å². The van der Waals surface area contributed by atoms with E-state index in [9.17, 15) is 14.7 Å². The Morgan fingerprint density at radius 2 is 2.05 bits per heavy atom. The highest BCUT2D eigenvalue weighted by Gasteiger charge is 2.32. The molecule has 0 spiro atoms. The average Bonchev–Trinajstić information content (AvgIpc) is 2.49. The highest BCUT2D eigenvalue weighted by Crippen LogP contribution is 2.28. The molecule has 6 nitrogen and oxygen atoms in total. The van der Waals surface area contributed by atoms with E-state index in [0.717, 1.165) is 4.90 Å². The standard InChI is InChI=1S/C15H12ClN3O3/c1-8-10(6-17)14(21)19(2)15(22)11(8)7-18-12-5-9(16)3-4-13(12)20/h3-5,7,18,20H,1-2H3. The highest BCUT2D eigenvalue weighted by molar-refractivity contribution is 6.31. The summed E-state index contributed by atoms with van der Waals surface area (Å²) in [6.45, 7) is 1.52. The van der Waals surface area contributed by atoms with Crippen molar-refractivity contribution in [1.29, 1.82) is 5.26 Å². The second-order valence-corrected chi connectivity index (χ2v) is 5.08. The van der Waals surface area contributed by atoms with E-state index < -0.39 is 11.8 Å². The molecular formula is C15H12ClN3O3. The summed E-state index contributed by atoms with van der Waals surface area (Å²) in [6.07, 6.45) is 1.34. The number of phenols is 1. The van der Waals surface area contributed by atoms with Crippen LogP contribution in [0.1, 0.15) is 6.92 Å². The van der Waals surface area contributed by atoms with Crippen LogP contribution in [0.5, 0.6) is 5.75 Å². The summed E-state index contributed by atoms with van der Waals surface area (Å²) in [7, 11) is 1.30. The molecule has 7 heteroatoms. The molecule has 1 heterocycles. The Bertz CT molecular complexity index is 775. The van der Waals surface area contributed by atoms with E-state index in [4.69, 9.17) is 16.9 Å². The van der Waals surface area contributed by atoms with Crippen molar-refractivity contribution in [3.63, 3.8) is 0 Å². The zero-order valence-corrected chi connectivity index (χ0v) is 12.6. The second-order valence-electron chi connectivity index (χ2n) is 4.64. The lowest BCUT2D eigenvalue weighted by molar-refractivity contribution is -0.138. The van der Waals surface area contributed by atoms with E-state index in [0.29, 0.717) is 10.7 Å². The number of halogens is 1. The molecule has 2 N–H and O–H groups in total. The Labute approximate surface area is 131 Å². The Morgan fingerprint density at radius 1 is 1.36 bits per heavy atom. The molecule has 0 radical (unpaired) electrons. The third-order valence-electron chi connectivity index (χ3n) is 3.27. The predicted octanol–water partition coefficient (Wildman–Crippen LogP) is 2.18. The first kappa shape index (κ1) is 15.6. The van der Waals surface area contributed by atoms with Crippen LogP contribution < -0.4 is 5.32 Å². The van der Waals surface area contributed by atoms with E-state index in [1.165, 1.54) is 38.4 Å². The number of amides is 2. The normalized spacial score (nSPS) is 17.0. The molecule has 2 rings (SSSR count). The third-order valence-corrected chi connectivity index (χ3v) is 3.51. The summed E-state index contributed by atoms with van der Waals surface area (Å²) in [4.78, 5) is 24.8. The van der Waals surface area contributed by atoms with Gasteiger partial charge in [0.05, 0.1) is 11.3 Å². The van der Waals surface area contributed by atoms with Gasteiger partial charge in [0.25, 0.3) is 11.8 Å². The minimum atomic E-state index is -0.632. The van der Waals surface area contributed by atoms with Gasteiger partial charge in [0.2, 0.25) is 0 Å². The molecular weight excluding hydrogens is 306 g/mol. The Kier molecular flexibility index (Phi) is 4.20. The molecule has 0 fully saturated rings. The van der Waals surface area contributed by atoms with Gasteiger partial charge in [-0.3, -0.25) is 14.5 Å². The first-order chi connectivity index (χ1) is 10.4. The van der Waals surface area contributed by atoms with Crippen molar-refractivity contribution in [3.8, 4) is 11.8 Å². The number of hydrogen-bond donors (Lipinski definition) is 2. The van der Waals surface area contributed by atoms with E-state index in [2.05, 4.69) is 5.32 Å². The summed E-state index contributed by atoms with van der Waals surface area (Å²) in [6, 6.07) is 6.21. The van der Waals surface area contributed by atoms with Crippen molar-refractivity contribution in [1.82, 2.24) is 4.90 Å². The maximum Gasteiger partial charge on any atom is 0.271 e. The SMILES string of the molecule is CC1=C(C#N)C(=O)N(C)C(=O)C1=CNc1cc(Cl)ccc1O. The van der Waals surface area contributed by atoms with Crippen LogP contribution in [0.3, 0.4) is 0 Å². The summed E-state index contributed by atoms with van der Waals surface area (Å²) >= 11 is 5.84. The molecule has 0 aliphatic carbocycles. The molecule has 0 bridgehead atoms. The molecule has 0 atom stereocenters. The van der Waals surface area contributed by atoms with Crippen LogP contribution >= 0.6 is 11.6 Å². The first-order valence-electron chi connectivity index (χ1n) is 6.25. The number of rotatable bonds is 2. The van der Waals surface area contributed by atoms with Gasteiger partial charge in [-0.15, -0.1) is 0 Å². The number of likely N-dealkylation sites (N-methyl/N-ethyl adjacent to an activating group) is 1. The smallest absolute Gasteiger partial charge is 0.271 e. The number of imide groups is 1. The first-order valence-corrected chi connectivity index (χ1v) is 6.63. The van der Waals surface area contributed by atoms with Crippen LogP contribution in [0.15, 0.2) is 41.1 Å². The molecule has 22 heavy (non-hydrogen) atoms. The van der Waals surface area contributed by atoms with Crippen molar-refractivity contribution < 1.29 is 14.7 Å². The fraction of sp³-hybridized carbons (Fsp3) is 0.133. The van der Waals surface area contributed by atoms with Crippen LogP contribution in [0.25, 0.3) is 0 Å². The van der Waals surface area contributed by atoms with E-state index >= 15 is 0 Å². The topological polar surface area (TPSA) is 93.4 Å². The molecule has 1 aromatic rings. The number of aromatic hydroxyl groups is 1. The Morgan fingerprint density at radius 3 is 2.68 bits per heavy atom. The highest BCUT2D eigenvalue weighted by atomic mass is 35.5. The number of nitrogens with one attached hydrogen (secondary N) is 1. The van der Waals surface area contributed by atoms with Crippen molar-refractivity contribution in [2.24, 2.45) is 0 Å². The van der Waals surface area contributed by atoms with Gasteiger partial charge in [-0.05, 0) is 30.7 Å². The molecule has 0 saturated heterocycles. The van der Waals surface area contributed by atoms with Crippen molar-refractivity contribution in [3.05, 3.63) is 46.1 Å². The Hall–Kier alpha value is -2.78. The molecule has 0 unspecified atom stereocenters. The van der Waals surface area contributed by atoms with Gasteiger partial charge in [0, 0.05) is 18.3 Å². The lowest BCUT2D eigenvalue weighted by Gasteiger charge is -2.23. The molecule has 112 valence electrons. The van der Waals surface area contributed by atoms with Crippen LogP contribution in [-0.4, -0.2) is 28.9 Å². The maximum absolute atomic E-state index is 12.1. The van der Waals surface area contributed by atoms with Crippen LogP contribution in [0, 0.1) is 11.3 Å². The van der Waals surface area contributed by atoms with Gasteiger partial charge in [-0.1, -0.05) is 11.6 Å². The summed E-state index contributed by atoms with van der Waals surface area (Å²) in [5.74, 6) is -1.21. The number of anilines is 1. The van der Waals surface area contributed by atoms with Gasteiger partial charge < -0.3 is 10.4 Å².